The van der Waals surface area contributed by atoms with Crippen LogP contribution in [0.1, 0.15) is 20.3 Å². The van der Waals surface area contributed by atoms with Crippen LogP contribution in [0.15, 0.2) is 18.2 Å². The third kappa shape index (κ3) is 4.40. The standard InChI is InChI=1S/C15H21ClN4O3/c1-15(2)9-19(6-5-13(15)17)8-14(21)18-10-3-4-11(16)12(7-10)20(22)23/h3-4,7,13H,5-6,8-9,17H2,1-2H3,(H,18,21). The van der Waals surface area contributed by atoms with Gasteiger partial charge in [0.15, 0.2) is 0 Å². The number of piperidine rings is 1. The molecule has 8 heteroatoms. The maximum Gasteiger partial charge on any atom is 0.289 e. The van der Waals surface area contributed by atoms with Gasteiger partial charge in [-0.2, -0.15) is 0 Å². The van der Waals surface area contributed by atoms with Crippen LogP contribution in [0.25, 0.3) is 0 Å². The highest BCUT2D eigenvalue weighted by Crippen LogP contribution is 2.28. The minimum absolute atomic E-state index is 0.0415. The number of hydrogen-bond donors (Lipinski definition) is 2. The predicted octanol–water partition coefficient (Wildman–Crippen LogP) is 2.25. The molecule has 7 nitrogen and oxygen atoms in total. The molecule has 0 bridgehead atoms. The summed E-state index contributed by atoms with van der Waals surface area (Å²) in [4.78, 5) is 24.5. The zero-order valence-electron chi connectivity index (χ0n) is 13.2. The lowest BCUT2D eigenvalue weighted by Gasteiger charge is -2.42. The number of halogens is 1. The third-order valence-electron chi connectivity index (χ3n) is 4.19. The van der Waals surface area contributed by atoms with Gasteiger partial charge in [-0.15, -0.1) is 0 Å². The van der Waals surface area contributed by atoms with E-state index in [-0.39, 0.29) is 34.6 Å². The Balaban J connectivity index is 1.98. The Morgan fingerprint density at radius 3 is 2.87 bits per heavy atom. The van der Waals surface area contributed by atoms with Crippen LogP contribution in [0, 0.1) is 15.5 Å². The molecule has 1 saturated heterocycles. The zero-order valence-corrected chi connectivity index (χ0v) is 14.0. The van der Waals surface area contributed by atoms with Crippen molar-refractivity contribution >= 4 is 28.9 Å². The fourth-order valence-electron chi connectivity index (χ4n) is 2.75. The minimum atomic E-state index is -0.577. The van der Waals surface area contributed by atoms with Crippen molar-refractivity contribution in [2.24, 2.45) is 11.1 Å². The second kappa shape index (κ2) is 6.82. The number of benzene rings is 1. The van der Waals surface area contributed by atoms with Gasteiger partial charge in [-0.05, 0) is 24.0 Å². The molecule has 3 N–H and O–H groups in total. The van der Waals surface area contributed by atoms with Gasteiger partial charge >= 0.3 is 0 Å². The number of nitrogens with zero attached hydrogens (tertiary/aromatic N) is 2. The topological polar surface area (TPSA) is 102 Å². The number of carbonyl (C=O) groups excluding carboxylic acids is 1. The first-order valence-corrected chi connectivity index (χ1v) is 7.78. The molecule has 1 aliphatic heterocycles. The second-order valence-electron chi connectivity index (χ2n) is 6.57. The number of nitro groups is 1. The van der Waals surface area contributed by atoms with Crippen molar-refractivity contribution in [2.45, 2.75) is 26.3 Å². The third-order valence-corrected chi connectivity index (χ3v) is 4.50. The molecule has 1 atom stereocenters. The molecule has 23 heavy (non-hydrogen) atoms. The number of nitrogens with two attached hydrogens (primary N) is 1. The molecule has 0 saturated carbocycles. The van der Waals surface area contributed by atoms with Crippen LogP contribution in [0.4, 0.5) is 11.4 Å². The van der Waals surface area contributed by atoms with Crippen LogP contribution < -0.4 is 11.1 Å². The van der Waals surface area contributed by atoms with Crippen LogP contribution >= 0.6 is 11.6 Å². The summed E-state index contributed by atoms with van der Waals surface area (Å²) < 4.78 is 0. The number of carbonyl (C=O) groups is 1. The van der Waals surface area contributed by atoms with Gasteiger partial charge in [0.05, 0.1) is 11.5 Å². The highest BCUT2D eigenvalue weighted by atomic mass is 35.5. The van der Waals surface area contributed by atoms with Gasteiger partial charge in [-0.25, -0.2) is 0 Å². The Morgan fingerprint density at radius 2 is 2.26 bits per heavy atom. The van der Waals surface area contributed by atoms with E-state index in [1.165, 1.54) is 12.1 Å². The monoisotopic (exact) mass is 340 g/mol. The van der Waals surface area contributed by atoms with E-state index in [4.69, 9.17) is 17.3 Å². The lowest BCUT2D eigenvalue weighted by Crippen LogP contribution is -2.53. The number of likely N-dealkylation sites (tertiary alicyclic amines) is 1. The molecule has 2 rings (SSSR count). The molecule has 1 aliphatic rings. The SMILES string of the molecule is CC1(C)CN(CC(=O)Nc2ccc(Cl)c([N+](=O)[O-])c2)CCC1N. The second-order valence-corrected chi connectivity index (χ2v) is 6.97. The molecule has 0 aromatic heterocycles. The first-order chi connectivity index (χ1) is 10.7. The highest BCUT2D eigenvalue weighted by Gasteiger charge is 2.33. The van der Waals surface area contributed by atoms with Crippen molar-refractivity contribution < 1.29 is 9.72 Å². The van der Waals surface area contributed by atoms with Crippen molar-refractivity contribution in [3.63, 3.8) is 0 Å². The van der Waals surface area contributed by atoms with E-state index in [1.54, 1.807) is 6.07 Å². The van der Waals surface area contributed by atoms with Gasteiger partial charge in [-0.3, -0.25) is 19.8 Å². The molecule has 0 radical (unpaired) electrons. The Hall–Kier alpha value is -1.70. The maximum absolute atomic E-state index is 12.2. The summed E-state index contributed by atoms with van der Waals surface area (Å²) in [6.07, 6.45) is 0.840. The normalized spacial score (nSPS) is 21.0. The van der Waals surface area contributed by atoms with Crippen LogP contribution in [0.2, 0.25) is 5.02 Å². The van der Waals surface area contributed by atoms with Gasteiger partial charge in [0, 0.05) is 30.9 Å². The summed E-state index contributed by atoms with van der Waals surface area (Å²) in [6.45, 7) is 5.91. The van der Waals surface area contributed by atoms with Gasteiger partial charge in [-0.1, -0.05) is 25.4 Å². The van der Waals surface area contributed by atoms with Gasteiger partial charge in [0.25, 0.3) is 5.69 Å². The van der Waals surface area contributed by atoms with Crippen LogP contribution in [0.3, 0.4) is 0 Å². The predicted molar refractivity (Wildman–Crippen MR) is 89.5 cm³/mol. The van der Waals surface area contributed by atoms with Crippen LogP contribution in [-0.2, 0) is 4.79 Å². The summed E-state index contributed by atoms with van der Waals surface area (Å²) >= 11 is 5.75. The molecule has 0 spiro atoms. The van der Waals surface area contributed by atoms with Crippen molar-refractivity contribution in [1.82, 2.24) is 4.90 Å². The summed E-state index contributed by atoms with van der Waals surface area (Å²) in [5, 5.41) is 13.6. The quantitative estimate of drug-likeness (QED) is 0.646. The van der Waals surface area contributed by atoms with Gasteiger partial charge in [0.1, 0.15) is 5.02 Å². The largest absolute Gasteiger partial charge is 0.327 e. The first kappa shape index (κ1) is 17.7. The van der Waals surface area contributed by atoms with Gasteiger partial charge < -0.3 is 11.1 Å². The summed E-state index contributed by atoms with van der Waals surface area (Å²) in [5.41, 5.74) is 6.17. The van der Waals surface area contributed by atoms with Gasteiger partial charge in [0.2, 0.25) is 5.91 Å². The Morgan fingerprint density at radius 1 is 1.57 bits per heavy atom. The molecule has 1 aromatic rings. The zero-order chi connectivity index (χ0) is 17.2. The van der Waals surface area contributed by atoms with E-state index in [9.17, 15) is 14.9 Å². The maximum atomic E-state index is 12.2. The summed E-state index contributed by atoms with van der Waals surface area (Å²) in [6, 6.07) is 4.33. The number of nitrogens with one attached hydrogen (secondary N) is 1. The highest BCUT2D eigenvalue weighted by molar-refractivity contribution is 6.32. The average Bonchev–Trinajstić information content (AvgIpc) is 2.44. The lowest BCUT2D eigenvalue weighted by atomic mass is 9.80. The summed E-state index contributed by atoms with van der Waals surface area (Å²) in [5.74, 6) is -0.215. The fourth-order valence-corrected chi connectivity index (χ4v) is 2.94. The molecule has 0 aliphatic carbocycles. The van der Waals surface area contributed by atoms with Crippen molar-refractivity contribution in [2.75, 3.05) is 25.0 Å². The Labute approximate surface area is 139 Å². The smallest absolute Gasteiger partial charge is 0.289 e. The van der Waals surface area contributed by atoms with E-state index < -0.39 is 4.92 Å². The molecule has 126 valence electrons. The van der Waals surface area contributed by atoms with Crippen LogP contribution in [0.5, 0.6) is 0 Å². The number of anilines is 1. The molecule has 1 amide bonds. The molecule has 1 heterocycles. The molecular weight excluding hydrogens is 320 g/mol. The van der Waals surface area contributed by atoms with Crippen molar-refractivity contribution in [1.29, 1.82) is 0 Å². The van der Waals surface area contributed by atoms with E-state index in [1.807, 2.05) is 4.90 Å². The molecular formula is C15H21ClN4O3. The van der Waals surface area contributed by atoms with E-state index in [2.05, 4.69) is 19.2 Å². The minimum Gasteiger partial charge on any atom is -0.327 e. The average molecular weight is 341 g/mol. The van der Waals surface area contributed by atoms with Crippen LogP contribution in [-0.4, -0.2) is 41.4 Å². The fraction of sp³-hybridized carbons (Fsp3) is 0.533. The number of rotatable bonds is 4. The summed E-state index contributed by atoms with van der Waals surface area (Å²) in [7, 11) is 0. The number of amides is 1. The molecule has 1 unspecified atom stereocenters. The van der Waals surface area contributed by atoms with Crippen molar-refractivity contribution in [3.8, 4) is 0 Å². The number of hydrogen-bond acceptors (Lipinski definition) is 5. The Bertz CT molecular complexity index is 621. The van der Waals surface area contributed by atoms with E-state index >= 15 is 0 Å². The molecule has 1 fully saturated rings. The Kier molecular flexibility index (Phi) is 5.23. The first-order valence-electron chi connectivity index (χ1n) is 7.41. The molecule has 1 aromatic carbocycles. The van der Waals surface area contributed by atoms with Crippen molar-refractivity contribution in [3.05, 3.63) is 33.3 Å². The van der Waals surface area contributed by atoms with E-state index in [0.717, 1.165) is 19.5 Å². The van der Waals surface area contributed by atoms with E-state index in [0.29, 0.717) is 5.69 Å². The number of nitro benzene ring substituents is 1. The lowest BCUT2D eigenvalue weighted by molar-refractivity contribution is -0.384.